The Bertz CT molecular complexity index is 974. The first kappa shape index (κ1) is 20.8. The number of rotatable bonds is 6. The van der Waals surface area contributed by atoms with Crippen LogP contribution in [-0.2, 0) is 14.6 Å². The van der Waals surface area contributed by atoms with E-state index < -0.39 is 27.7 Å². The van der Waals surface area contributed by atoms with Crippen molar-refractivity contribution in [3.63, 3.8) is 0 Å². The van der Waals surface area contributed by atoms with Crippen molar-refractivity contribution < 1.29 is 22.3 Å². The Hall–Kier alpha value is -1.93. The molecule has 1 unspecified atom stereocenters. The summed E-state index contributed by atoms with van der Waals surface area (Å²) in [4.78, 5) is 12.7. The van der Waals surface area contributed by atoms with Gasteiger partial charge >= 0.3 is 0 Å². The van der Waals surface area contributed by atoms with Crippen LogP contribution in [-0.4, -0.2) is 25.7 Å². The number of hydrogen-bond acceptors (Lipinski definition) is 4. The topological polar surface area (TPSA) is 72.5 Å². The SMILES string of the molecule is CC(Oc1ccc(F)cc1Br)C(=O)Nc1cccc(S(=O)(=O)C2CCCC2)c1. The fraction of sp³-hybridized carbons (Fsp3) is 0.350. The summed E-state index contributed by atoms with van der Waals surface area (Å²) in [5.41, 5.74) is 0.387. The standard InChI is InChI=1S/C20H21BrFNO4S/c1-13(27-19-10-9-14(22)11-18(19)21)20(24)23-15-5-4-8-17(12-15)28(25,26)16-6-2-3-7-16/h4-5,8-13,16H,2-3,6-7H2,1H3,(H,23,24). The van der Waals surface area contributed by atoms with Gasteiger partial charge < -0.3 is 10.1 Å². The molecule has 2 aromatic rings. The molecule has 0 heterocycles. The average Bonchev–Trinajstić information content (AvgIpc) is 3.20. The summed E-state index contributed by atoms with van der Waals surface area (Å²) in [5.74, 6) is -0.523. The lowest BCUT2D eigenvalue weighted by atomic mass is 10.3. The van der Waals surface area contributed by atoms with E-state index in [0.717, 1.165) is 12.8 Å². The average molecular weight is 470 g/mol. The van der Waals surface area contributed by atoms with Gasteiger partial charge in [-0.15, -0.1) is 0 Å². The zero-order chi connectivity index (χ0) is 20.3. The summed E-state index contributed by atoms with van der Waals surface area (Å²) in [5, 5.41) is 2.33. The minimum atomic E-state index is -3.40. The van der Waals surface area contributed by atoms with Crippen molar-refractivity contribution in [2.75, 3.05) is 5.32 Å². The van der Waals surface area contributed by atoms with Gasteiger partial charge in [0.25, 0.3) is 5.91 Å². The number of amides is 1. The van der Waals surface area contributed by atoms with Gasteiger partial charge in [0.1, 0.15) is 11.6 Å². The molecule has 150 valence electrons. The molecular weight excluding hydrogens is 449 g/mol. The van der Waals surface area contributed by atoms with Crippen molar-refractivity contribution in [2.24, 2.45) is 0 Å². The van der Waals surface area contributed by atoms with E-state index in [1.807, 2.05) is 0 Å². The van der Waals surface area contributed by atoms with Crippen LogP contribution in [0.25, 0.3) is 0 Å². The first-order valence-corrected chi connectivity index (χ1v) is 11.4. The van der Waals surface area contributed by atoms with E-state index in [1.54, 1.807) is 25.1 Å². The van der Waals surface area contributed by atoms with Crippen LogP contribution in [0.2, 0.25) is 0 Å². The van der Waals surface area contributed by atoms with Gasteiger partial charge in [0.15, 0.2) is 15.9 Å². The summed E-state index contributed by atoms with van der Waals surface area (Å²) < 4.78 is 44.6. The second-order valence-corrected chi connectivity index (χ2v) is 9.89. The highest BCUT2D eigenvalue weighted by atomic mass is 79.9. The van der Waals surface area contributed by atoms with Gasteiger partial charge in [0.2, 0.25) is 0 Å². The molecule has 0 aliphatic heterocycles. The second kappa shape index (κ2) is 8.61. The summed E-state index contributed by atoms with van der Waals surface area (Å²) >= 11 is 3.19. The molecule has 1 amide bonds. The van der Waals surface area contributed by atoms with Crippen molar-refractivity contribution in [1.29, 1.82) is 0 Å². The molecule has 1 fully saturated rings. The summed E-state index contributed by atoms with van der Waals surface area (Å²) in [6.45, 7) is 1.56. The molecule has 2 aromatic carbocycles. The van der Waals surface area contributed by atoms with Gasteiger partial charge in [-0.1, -0.05) is 18.9 Å². The van der Waals surface area contributed by atoms with Crippen molar-refractivity contribution in [3.05, 3.63) is 52.8 Å². The third-order valence-electron chi connectivity index (χ3n) is 4.74. The predicted molar refractivity (Wildman–Crippen MR) is 109 cm³/mol. The number of ether oxygens (including phenoxy) is 1. The normalized spacial score (nSPS) is 16.0. The zero-order valence-corrected chi connectivity index (χ0v) is 17.7. The Labute approximate surface area is 172 Å². The van der Waals surface area contributed by atoms with Crippen molar-refractivity contribution in [1.82, 2.24) is 0 Å². The highest BCUT2D eigenvalue weighted by Crippen LogP contribution is 2.31. The number of anilines is 1. The fourth-order valence-corrected chi connectivity index (χ4v) is 5.54. The summed E-state index contributed by atoms with van der Waals surface area (Å²) in [6.07, 6.45) is 2.34. The van der Waals surface area contributed by atoms with E-state index >= 15 is 0 Å². The third kappa shape index (κ3) is 4.72. The van der Waals surface area contributed by atoms with Crippen LogP contribution < -0.4 is 10.1 Å². The van der Waals surface area contributed by atoms with E-state index in [4.69, 9.17) is 4.74 Å². The van der Waals surface area contributed by atoms with Crippen LogP contribution in [0.5, 0.6) is 5.75 Å². The number of halogens is 2. The molecule has 0 saturated heterocycles. The number of carbonyl (C=O) groups is 1. The molecule has 8 heteroatoms. The Morgan fingerprint density at radius 2 is 1.93 bits per heavy atom. The first-order chi connectivity index (χ1) is 13.3. The molecule has 0 radical (unpaired) electrons. The lowest BCUT2D eigenvalue weighted by Gasteiger charge is -2.16. The maximum Gasteiger partial charge on any atom is 0.265 e. The maximum atomic E-state index is 13.2. The minimum absolute atomic E-state index is 0.215. The van der Waals surface area contributed by atoms with Gasteiger partial charge in [0.05, 0.1) is 14.6 Å². The Morgan fingerprint density at radius 3 is 2.61 bits per heavy atom. The summed E-state index contributed by atoms with van der Waals surface area (Å²) in [7, 11) is -3.40. The van der Waals surface area contributed by atoms with Crippen LogP contribution in [0.4, 0.5) is 10.1 Å². The van der Waals surface area contributed by atoms with E-state index in [9.17, 15) is 17.6 Å². The predicted octanol–water partition coefficient (Wildman–Crippen LogP) is 4.71. The smallest absolute Gasteiger partial charge is 0.265 e. The molecule has 1 N–H and O–H groups in total. The first-order valence-electron chi connectivity index (χ1n) is 9.04. The van der Waals surface area contributed by atoms with Crippen molar-refractivity contribution in [2.45, 2.75) is 48.9 Å². The maximum absolute atomic E-state index is 13.2. The number of hydrogen-bond donors (Lipinski definition) is 1. The zero-order valence-electron chi connectivity index (χ0n) is 15.3. The lowest BCUT2D eigenvalue weighted by molar-refractivity contribution is -0.122. The number of benzene rings is 2. The highest BCUT2D eigenvalue weighted by molar-refractivity contribution is 9.10. The molecule has 3 rings (SSSR count). The Balaban J connectivity index is 1.70. The van der Waals surface area contributed by atoms with E-state index in [0.29, 0.717) is 28.8 Å². The monoisotopic (exact) mass is 469 g/mol. The van der Waals surface area contributed by atoms with E-state index in [2.05, 4.69) is 21.2 Å². The van der Waals surface area contributed by atoms with Gasteiger partial charge in [-0.2, -0.15) is 0 Å². The van der Waals surface area contributed by atoms with Crippen LogP contribution in [0.1, 0.15) is 32.6 Å². The molecule has 1 atom stereocenters. The molecule has 0 bridgehead atoms. The van der Waals surface area contributed by atoms with Crippen LogP contribution in [0, 0.1) is 5.82 Å². The van der Waals surface area contributed by atoms with E-state index in [1.165, 1.54) is 24.3 Å². The third-order valence-corrected chi connectivity index (χ3v) is 7.62. The van der Waals surface area contributed by atoms with Gasteiger partial charge in [-0.05, 0) is 72.1 Å². The number of carbonyl (C=O) groups excluding carboxylic acids is 1. The molecule has 1 saturated carbocycles. The molecule has 1 aliphatic rings. The van der Waals surface area contributed by atoms with Crippen LogP contribution in [0.3, 0.4) is 0 Å². The number of nitrogens with one attached hydrogen (secondary N) is 1. The fourth-order valence-electron chi connectivity index (χ4n) is 3.20. The number of sulfone groups is 1. The van der Waals surface area contributed by atoms with Crippen LogP contribution in [0.15, 0.2) is 51.8 Å². The quantitative estimate of drug-likeness (QED) is 0.664. The molecule has 28 heavy (non-hydrogen) atoms. The molecule has 5 nitrogen and oxygen atoms in total. The summed E-state index contributed by atoms with van der Waals surface area (Å²) in [6, 6.07) is 10.2. The minimum Gasteiger partial charge on any atom is -0.480 e. The largest absolute Gasteiger partial charge is 0.480 e. The van der Waals surface area contributed by atoms with Gasteiger partial charge in [0, 0.05) is 5.69 Å². The van der Waals surface area contributed by atoms with Crippen molar-refractivity contribution >= 4 is 37.4 Å². The Morgan fingerprint density at radius 1 is 1.21 bits per heavy atom. The molecular formula is C20H21BrFNO4S. The molecule has 0 spiro atoms. The Kier molecular flexibility index (Phi) is 6.40. The van der Waals surface area contributed by atoms with Crippen molar-refractivity contribution in [3.8, 4) is 5.75 Å². The van der Waals surface area contributed by atoms with Crippen LogP contribution >= 0.6 is 15.9 Å². The lowest BCUT2D eigenvalue weighted by Crippen LogP contribution is -2.30. The second-order valence-electron chi connectivity index (χ2n) is 6.80. The molecule has 1 aliphatic carbocycles. The van der Waals surface area contributed by atoms with Gasteiger partial charge in [-0.3, -0.25) is 4.79 Å². The highest BCUT2D eigenvalue weighted by Gasteiger charge is 2.30. The molecule has 0 aromatic heterocycles. The van der Waals surface area contributed by atoms with Gasteiger partial charge in [-0.25, -0.2) is 12.8 Å². The van der Waals surface area contributed by atoms with E-state index in [-0.39, 0.29) is 10.1 Å².